The molecule has 0 aromatic rings. The molecule has 4 nitrogen and oxygen atoms in total. The molecule has 0 rings (SSSR count). The molecule has 23 heavy (non-hydrogen) atoms. The van der Waals surface area contributed by atoms with Gasteiger partial charge in [0.2, 0.25) is 0 Å². The predicted octanol–water partition coefficient (Wildman–Crippen LogP) is 1.99. The van der Waals surface area contributed by atoms with Crippen LogP contribution >= 0.6 is 0 Å². The van der Waals surface area contributed by atoms with Crippen molar-refractivity contribution in [2.45, 2.75) is 32.8 Å². The molecule has 0 aliphatic rings. The summed E-state index contributed by atoms with van der Waals surface area (Å²) in [6.45, 7) is 3.80. The van der Waals surface area contributed by atoms with Crippen molar-refractivity contribution in [3.63, 3.8) is 0 Å². The Balaban J connectivity index is 4.36. The number of carbonyl (C=O) groups excluding carboxylic acids is 1. The summed E-state index contributed by atoms with van der Waals surface area (Å²) in [5.41, 5.74) is 0. The number of hydrogen-bond donors (Lipinski definition) is 2. The minimum atomic E-state index is -0.438. The van der Waals surface area contributed by atoms with E-state index in [0.29, 0.717) is 12.8 Å². The van der Waals surface area contributed by atoms with E-state index in [9.17, 15) is 4.79 Å². The number of aliphatic hydroxyl groups is 2. The van der Waals surface area contributed by atoms with Crippen LogP contribution in [0.2, 0.25) is 0 Å². The lowest BCUT2D eigenvalue weighted by Crippen LogP contribution is -2.18. The maximum atomic E-state index is 11.6. The molecule has 0 saturated carbocycles. The summed E-state index contributed by atoms with van der Waals surface area (Å²) in [6, 6.07) is 0. The van der Waals surface area contributed by atoms with Gasteiger partial charge in [-0.2, -0.15) is 0 Å². The third-order valence-corrected chi connectivity index (χ3v) is 2.40. The highest BCUT2D eigenvalue weighted by Gasteiger charge is 2.12. The minimum Gasteiger partial charge on any atom is -0.458 e. The Kier molecular flexibility index (Phi) is 13.2. The van der Waals surface area contributed by atoms with Gasteiger partial charge in [0.15, 0.2) is 0 Å². The minimum absolute atomic E-state index is 0.0381. The van der Waals surface area contributed by atoms with Crippen molar-refractivity contribution < 1.29 is 19.7 Å². The Morgan fingerprint density at radius 3 is 2.43 bits per heavy atom. The van der Waals surface area contributed by atoms with Gasteiger partial charge in [0.1, 0.15) is 6.10 Å². The highest BCUT2D eigenvalue weighted by Crippen LogP contribution is 2.07. The van der Waals surface area contributed by atoms with Gasteiger partial charge >= 0.3 is 5.97 Å². The molecule has 0 aliphatic carbocycles. The van der Waals surface area contributed by atoms with Crippen molar-refractivity contribution >= 4 is 5.97 Å². The first-order valence-electron chi connectivity index (χ1n) is 7.50. The van der Waals surface area contributed by atoms with Crippen LogP contribution in [0, 0.1) is 29.6 Å². The number of carbonyl (C=O) groups is 1. The van der Waals surface area contributed by atoms with Gasteiger partial charge in [-0.3, -0.25) is 4.79 Å². The summed E-state index contributed by atoms with van der Waals surface area (Å²) in [5, 5.41) is 17.5. The van der Waals surface area contributed by atoms with E-state index in [4.69, 9.17) is 14.9 Å². The molecule has 4 heteroatoms. The zero-order chi connectivity index (χ0) is 17.3. The lowest BCUT2D eigenvalue weighted by Gasteiger charge is -2.13. The number of aliphatic hydroxyl groups excluding tert-OH is 2. The molecule has 0 aliphatic heterocycles. The highest BCUT2D eigenvalue weighted by molar-refractivity contribution is 5.69. The number of allylic oxidation sites excluding steroid dienone is 4. The average Bonchev–Trinajstić information content (AvgIpc) is 2.48. The molecule has 0 aromatic heterocycles. The standard InChI is InChI=1S/C19H24O4/c1-17(2)16-19(22)23-18(13-15-21)12-10-8-6-4-3-5-7-9-11-14-20/h6,8-12,17-18,20-21H,13-16H2,1-2H3/b8-6+,11-9+,12-10+/t18-/m0/s1. The second kappa shape index (κ2) is 14.7. The van der Waals surface area contributed by atoms with Crippen LogP contribution in [-0.4, -0.2) is 35.5 Å². The van der Waals surface area contributed by atoms with Crippen LogP contribution < -0.4 is 0 Å². The van der Waals surface area contributed by atoms with Crippen molar-refractivity contribution in [2.24, 2.45) is 5.92 Å². The molecule has 0 radical (unpaired) electrons. The van der Waals surface area contributed by atoms with Crippen LogP contribution in [0.3, 0.4) is 0 Å². The second-order valence-corrected chi connectivity index (χ2v) is 5.01. The molecule has 0 spiro atoms. The number of ether oxygens (including phenoxy) is 1. The first-order valence-corrected chi connectivity index (χ1v) is 7.50. The van der Waals surface area contributed by atoms with Crippen LogP contribution in [0.5, 0.6) is 0 Å². The summed E-state index contributed by atoms with van der Waals surface area (Å²) in [7, 11) is 0. The smallest absolute Gasteiger partial charge is 0.306 e. The highest BCUT2D eigenvalue weighted by atomic mass is 16.5. The van der Waals surface area contributed by atoms with Crippen LogP contribution in [0.15, 0.2) is 36.5 Å². The van der Waals surface area contributed by atoms with Crippen LogP contribution in [0.4, 0.5) is 0 Å². The Labute approximate surface area is 138 Å². The Bertz CT molecular complexity index is 533. The molecule has 0 amide bonds. The van der Waals surface area contributed by atoms with Gasteiger partial charge in [-0.25, -0.2) is 0 Å². The van der Waals surface area contributed by atoms with Gasteiger partial charge in [-0.05, 0) is 36.0 Å². The molecular weight excluding hydrogens is 292 g/mol. The van der Waals surface area contributed by atoms with E-state index >= 15 is 0 Å². The fourth-order valence-corrected chi connectivity index (χ4v) is 1.43. The molecule has 0 bridgehead atoms. The van der Waals surface area contributed by atoms with E-state index in [2.05, 4.69) is 23.7 Å². The molecule has 0 saturated heterocycles. The molecule has 0 heterocycles. The first kappa shape index (κ1) is 20.7. The second-order valence-electron chi connectivity index (χ2n) is 5.01. The van der Waals surface area contributed by atoms with E-state index in [-0.39, 0.29) is 25.1 Å². The van der Waals surface area contributed by atoms with Crippen molar-refractivity contribution in [3.05, 3.63) is 36.5 Å². The van der Waals surface area contributed by atoms with Gasteiger partial charge in [-0.15, -0.1) is 0 Å². The Hall–Kier alpha value is -2.27. The fourth-order valence-electron chi connectivity index (χ4n) is 1.43. The van der Waals surface area contributed by atoms with Crippen molar-refractivity contribution in [2.75, 3.05) is 13.2 Å². The van der Waals surface area contributed by atoms with E-state index in [1.807, 2.05) is 13.8 Å². The van der Waals surface area contributed by atoms with Crippen LogP contribution in [0.25, 0.3) is 0 Å². The first-order chi connectivity index (χ1) is 11.1. The summed E-state index contributed by atoms with van der Waals surface area (Å²) in [5.74, 6) is 10.6. The Morgan fingerprint density at radius 1 is 1.13 bits per heavy atom. The zero-order valence-corrected chi connectivity index (χ0v) is 13.7. The summed E-state index contributed by atoms with van der Waals surface area (Å²) < 4.78 is 5.28. The van der Waals surface area contributed by atoms with Gasteiger partial charge < -0.3 is 14.9 Å². The molecule has 2 N–H and O–H groups in total. The zero-order valence-electron chi connectivity index (χ0n) is 13.7. The molecular formula is C19H24O4. The third-order valence-electron chi connectivity index (χ3n) is 2.40. The third kappa shape index (κ3) is 14.4. The van der Waals surface area contributed by atoms with Gasteiger partial charge in [0.05, 0.1) is 6.61 Å². The maximum absolute atomic E-state index is 11.6. The fraction of sp³-hybridized carbons (Fsp3) is 0.421. The molecule has 0 unspecified atom stereocenters. The summed E-state index contributed by atoms with van der Waals surface area (Å²) >= 11 is 0. The maximum Gasteiger partial charge on any atom is 0.306 e. The van der Waals surface area contributed by atoms with Crippen LogP contribution in [-0.2, 0) is 9.53 Å². The number of hydrogen-bond acceptors (Lipinski definition) is 4. The normalized spacial score (nSPS) is 12.2. The summed E-state index contributed by atoms with van der Waals surface area (Å²) in [4.78, 5) is 11.6. The van der Waals surface area contributed by atoms with E-state index in [1.54, 1.807) is 24.3 Å². The van der Waals surface area contributed by atoms with Gasteiger partial charge in [0, 0.05) is 19.4 Å². The number of esters is 1. The van der Waals surface area contributed by atoms with Crippen LogP contribution in [0.1, 0.15) is 26.7 Å². The molecule has 1 atom stereocenters. The Morgan fingerprint density at radius 2 is 1.83 bits per heavy atom. The number of rotatable bonds is 8. The van der Waals surface area contributed by atoms with Gasteiger partial charge in [0.25, 0.3) is 0 Å². The lowest BCUT2D eigenvalue weighted by atomic mass is 10.1. The molecule has 0 aromatic carbocycles. The average molecular weight is 316 g/mol. The molecule has 124 valence electrons. The SMILES string of the molecule is CC(C)CC(=O)O[C@@H](/C=C/C=C/C#CC#C/C=C/CO)CCO. The monoisotopic (exact) mass is 316 g/mol. The molecule has 0 fully saturated rings. The van der Waals surface area contributed by atoms with E-state index in [1.165, 1.54) is 12.2 Å². The van der Waals surface area contributed by atoms with Crippen molar-refractivity contribution in [1.82, 2.24) is 0 Å². The van der Waals surface area contributed by atoms with Crippen molar-refractivity contribution in [3.8, 4) is 23.7 Å². The topological polar surface area (TPSA) is 66.8 Å². The largest absolute Gasteiger partial charge is 0.458 e. The van der Waals surface area contributed by atoms with Gasteiger partial charge in [-0.1, -0.05) is 43.9 Å². The van der Waals surface area contributed by atoms with E-state index in [0.717, 1.165) is 0 Å². The lowest BCUT2D eigenvalue weighted by molar-refractivity contribution is -0.148. The van der Waals surface area contributed by atoms with E-state index < -0.39 is 6.10 Å². The predicted molar refractivity (Wildman–Crippen MR) is 91.1 cm³/mol. The van der Waals surface area contributed by atoms with Crippen molar-refractivity contribution in [1.29, 1.82) is 0 Å². The quantitative estimate of drug-likeness (QED) is 0.408. The summed E-state index contributed by atoms with van der Waals surface area (Å²) in [6.07, 6.45) is 10.1.